The quantitative estimate of drug-likeness (QED) is 0.908. The van der Waals surface area contributed by atoms with Gasteiger partial charge in [0.2, 0.25) is 0 Å². The average Bonchev–Trinajstić information content (AvgIpc) is 2.90. The van der Waals surface area contributed by atoms with Crippen molar-refractivity contribution in [3.8, 4) is 0 Å². The number of carboxylic acid groups (broad SMARTS) is 1. The van der Waals surface area contributed by atoms with E-state index in [0.717, 1.165) is 24.1 Å². The van der Waals surface area contributed by atoms with Crippen molar-refractivity contribution in [2.75, 3.05) is 13.1 Å². The van der Waals surface area contributed by atoms with Crippen molar-refractivity contribution in [1.29, 1.82) is 0 Å². The molecule has 5 heteroatoms. The van der Waals surface area contributed by atoms with Crippen LogP contribution in [0.25, 0.3) is 0 Å². The van der Waals surface area contributed by atoms with E-state index in [1.807, 2.05) is 6.07 Å². The molecule has 0 aromatic carbocycles. The number of hydrogen-bond donors (Lipinski definition) is 1. The summed E-state index contributed by atoms with van der Waals surface area (Å²) in [7, 11) is 0. The van der Waals surface area contributed by atoms with Gasteiger partial charge in [-0.05, 0) is 37.3 Å². The first kappa shape index (κ1) is 16.0. The largest absolute Gasteiger partial charge is 0.481 e. The first-order chi connectivity index (χ1) is 10.1. The standard InChI is InChI=1S/C16H23NO3S/c1-3-5-13-11(4-2)10-14(21-13)15(18)17-8-6-12(7-9-17)16(19)20/h10,12H,3-9H2,1-2H3,(H,19,20). The van der Waals surface area contributed by atoms with Crippen LogP contribution in [0, 0.1) is 5.92 Å². The highest BCUT2D eigenvalue weighted by Crippen LogP contribution is 2.27. The van der Waals surface area contributed by atoms with Gasteiger partial charge in [0.15, 0.2) is 0 Å². The second kappa shape index (κ2) is 7.07. The molecule has 1 saturated heterocycles. The lowest BCUT2D eigenvalue weighted by Gasteiger charge is -2.29. The SMILES string of the molecule is CCCc1sc(C(=O)N2CCC(C(=O)O)CC2)cc1CC. The number of piperidine rings is 1. The average molecular weight is 309 g/mol. The molecule has 1 N–H and O–H groups in total. The molecule has 4 nitrogen and oxygen atoms in total. The monoisotopic (exact) mass is 309 g/mol. The van der Waals surface area contributed by atoms with E-state index >= 15 is 0 Å². The summed E-state index contributed by atoms with van der Waals surface area (Å²) < 4.78 is 0. The van der Waals surface area contributed by atoms with Gasteiger partial charge in [0.05, 0.1) is 10.8 Å². The van der Waals surface area contributed by atoms with Crippen LogP contribution in [-0.2, 0) is 17.6 Å². The topological polar surface area (TPSA) is 57.6 Å². The first-order valence-electron chi connectivity index (χ1n) is 7.70. The normalized spacial score (nSPS) is 16.2. The molecule has 2 rings (SSSR count). The van der Waals surface area contributed by atoms with Gasteiger partial charge in [-0.2, -0.15) is 0 Å². The Balaban J connectivity index is 2.05. The molecule has 1 fully saturated rings. The number of carboxylic acids is 1. The van der Waals surface area contributed by atoms with E-state index in [2.05, 4.69) is 13.8 Å². The van der Waals surface area contributed by atoms with Crippen LogP contribution in [-0.4, -0.2) is 35.0 Å². The molecule has 1 aliphatic rings. The van der Waals surface area contributed by atoms with Gasteiger partial charge in [-0.3, -0.25) is 9.59 Å². The molecule has 116 valence electrons. The zero-order chi connectivity index (χ0) is 15.4. The predicted octanol–water partition coefficient (Wildman–Crippen LogP) is 3.20. The summed E-state index contributed by atoms with van der Waals surface area (Å²) in [6.07, 6.45) is 4.21. The number of aliphatic carboxylic acids is 1. The summed E-state index contributed by atoms with van der Waals surface area (Å²) >= 11 is 1.61. The summed E-state index contributed by atoms with van der Waals surface area (Å²) in [6.45, 7) is 5.38. The van der Waals surface area contributed by atoms with Crippen LogP contribution in [0.5, 0.6) is 0 Å². The summed E-state index contributed by atoms with van der Waals surface area (Å²) in [6, 6.07) is 2.03. The van der Waals surface area contributed by atoms with Crippen molar-refractivity contribution in [2.45, 2.75) is 46.0 Å². The van der Waals surface area contributed by atoms with Crippen LogP contribution >= 0.6 is 11.3 Å². The maximum Gasteiger partial charge on any atom is 0.306 e. The summed E-state index contributed by atoms with van der Waals surface area (Å²) in [5.41, 5.74) is 1.28. The van der Waals surface area contributed by atoms with Gasteiger partial charge in [0.25, 0.3) is 5.91 Å². The lowest BCUT2D eigenvalue weighted by atomic mass is 9.97. The van der Waals surface area contributed by atoms with Gasteiger partial charge in [0.1, 0.15) is 0 Å². The number of hydrogen-bond acceptors (Lipinski definition) is 3. The van der Waals surface area contributed by atoms with Crippen LogP contribution in [0.1, 0.15) is 53.2 Å². The number of nitrogens with zero attached hydrogens (tertiary/aromatic N) is 1. The molecule has 1 amide bonds. The molecule has 1 aliphatic heterocycles. The van der Waals surface area contributed by atoms with Crippen molar-refractivity contribution in [3.05, 3.63) is 21.4 Å². The van der Waals surface area contributed by atoms with E-state index in [9.17, 15) is 9.59 Å². The zero-order valence-corrected chi connectivity index (χ0v) is 13.5. The van der Waals surface area contributed by atoms with Gasteiger partial charge < -0.3 is 10.0 Å². The van der Waals surface area contributed by atoms with E-state index in [-0.39, 0.29) is 11.8 Å². The Morgan fingerprint density at radius 3 is 2.52 bits per heavy atom. The van der Waals surface area contributed by atoms with E-state index in [1.54, 1.807) is 16.2 Å². The molecule has 0 atom stereocenters. The van der Waals surface area contributed by atoms with Crippen LogP contribution < -0.4 is 0 Å². The number of likely N-dealkylation sites (tertiary alicyclic amines) is 1. The van der Waals surface area contributed by atoms with Gasteiger partial charge in [-0.25, -0.2) is 0 Å². The minimum absolute atomic E-state index is 0.0703. The fourth-order valence-corrected chi connectivity index (χ4v) is 4.12. The number of thiophene rings is 1. The van der Waals surface area contributed by atoms with Crippen LogP contribution in [0.3, 0.4) is 0 Å². The van der Waals surface area contributed by atoms with Crippen LogP contribution in [0.4, 0.5) is 0 Å². The third-order valence-electron chi connectivity index (χ3n) is 4.10. The summed E-state index contributed by atoms with van der Waals surface area (Å²) in [5.74, 6) is -0.961. The Morgan fingerprint density at radius 1 is 1.33 bits per heavy atom. The van der Waals surface area contributed by atoms with Crippen molar-refractivity contribution in [3.63, 3.8) is 0 Å². The van der Waals surface area contributed by atoms with Gasteiger partial charge in [-0.15, -0.1) is 11.3 Å². The fourth-order valence-electron chi connectivity index (χ4n) is 2.80. The number of carbonyl (C=O) groups is 2. The Bertz CT molecular complexity index is 516. The molecule has 0 radical (unpaired) electrons. The van der Waals surface area contributed by atoms with Crippen molar-refractivity contribution in [1.82, 2.24) is 4.90 Å². The smallest absolute Gasteiger partial charge is 0.306 e. The van der Waals surface area contributed by atoms with Gasteiger partial charge >= 0.3 is 5.97 Å². The minimum atomic E-state index is -0.739. The third kappa shape index (κ3) is 3.64. The highest BCUT2D eigenvalue weighted by molar-refractivity contribution is 7.14. The molecular formula is C16H23NO3S. The molecule has 0 aliphatic carbocycles. The Labute approximate surface area is 129 Å². The Kier molecular flexibility index (Phi) is 5.39. The lowest BCUT2D eigenvalue weighted by molar-refractivity contribution is -0.143. The minimum Gasteiger partial charge on any atom is -0.481 e. The van der Waals surface area contributed by atoms with E-state index < -0.39 is 5.97 Å². The third-order valence-corrected chi connectivity index (χ3v) is 5.32. The maximum atomic E-state index is 12.6. The molecule has 21 heavy (non-hydrogen) atoms. The molecule has 1 aromatic rings. The van der Waals surface area contributed by atoms with E-state index in [0.29, 0.717) is 25.9 Å². The molecule has 1 aromatic heterocycles. The van der Waals surface area contributed by atoms with E-state index in [1.165, 1.54) is 10.4 Å². The van der Waals surface area contributed by atoms with Crippen molar-refractivity contribution >= 4 is 23.2 Å². The summed E-state index contributed by atoms with van der Waals surface area (Å²) in [4.78, 5) is 27.4. The Hall–Kier alpha value is -1.36. The zero-order valence-electron chi connectivity index (χ0n) is 12.7. The molecule has 0 unspecified atom stereocenters. The second-order valence-electron chi connectivity index (χ2n) is 5.57. The highest BCUT2D eigenvalue weighted by Gasteiger charge is 2.28. The van der Waals surface area contributed by atoms with Gasteiger partial charge in [0, 0.05) is 18.0 Å². The first-order valence-corrected chi connectivity index (χ1v) is 8.52. The molecule has 0 saturated carbocycles. The molecule has 0 bridgehead atoms. The number of rotatable bonds is 5. The fraction of sp³-hybridized carbons (Fsp3) is 0.625. The van der Waals surface area contributed by atoms with Crippen molar-refractivity contribution < 1.29 is 14.7 Å². The number of amides is 1. The second-order valence-corrected chi connectivity index (χ2v) is 6.70. The lowest BCUT2D eigenvalue weighted by Crippen LogP contribution is -2.39. The molecular weight excluding hydrogens is 286 g/mol. The van der Waals surface area contributed by atoms with Crippen LogP contribution in [0.15, 0.2) is 6.07 Å². The Morgan fingerprint density at radius 2 is 2.00 bits per heavy atom. The highest BCUT2D eigenvalue weighted by atomic mass is 32.1. The van der Waals surface area contributed by atoms with Crippen molar-refractivity contribution in [2.24, 2.45) is 5.92 Å². The summed E-state index contributed by atoms with van der Waals surface area (Å²) in [5, 5.41) is 9.01. The molecule has 2 heterocycles. The number of carbonyl (C=O) groups excluding carboxylic acids is 1. The molecule has 0 spiro atoms. The maximum absolute atomic E-state index is 12.6. The predicted molar refractivity (Wildman–Crippen MR) is 84.0 cm³/mol. The van der Waals surface area contributed by atoms with Gasteiger partial charge in [-0.1, -0.05) is 20.3 Å². The van der Waals surface area contributed by atoms with Crippen LogP contribution in [0.2, 0.25) is 0 Å². The number of aryl methyl sites for hydroxylation is 2. The van der Waals surface area contributed by atoms with E-state index in [4.69, 9.17) is 5.11 Å².